The van der Waals surface area contributed by atoms with Gasteiger partial charge in [0.15, 0.2) is 0 Å². The summed E-state index contributed by atoms with van der Waals surface area (Å²) in [7, 11) is -4.23. The fourth-order valence-corrected chi connectivity index (χ4v) is 3.35. The molecule has 0 radical (unpaired) electrons. The van der Waals surface area contributed by atoms with Gasteiger partial charge in [0, 0.05) is 4.47 Å². The minimum Gasteiger partial charge on any atom is -0.392 e. The number of sulfonamides is 1. The number of nitrogens with one attached hydrogen (secondary N) is 1. The summed E-state index contributed by atoms with van der Waals surface area (Å²) in [6.07, 6.45) is 0. The maximum atomic E-state index is 13.6. The molecule has 0 saturated carbocycles. The molecule has 0 aliphatic rings. The van der Waals surface area contributed by atoms with Gasteiger partial charge in [-0.2, -0.15) is 0 Å². The minimum absolute atomic E-state index is 0.0132. The van der Waals surface area contributed by atoms with E-state index in [2.05, 4.69) is 15.9 Å². The largest absolute Gasteiger partial charge is 0.392 e. The number of hydrogen-bond donors (Lipinski definition) is 2. The first kappa shape index (κ1) is 15.9. The Kier molecular flexibility index (Phi) is 4.60. The molecule has 0 fully saturated rings. The lowest BCUT2D eigenvalue weighted by atomic mass is 10.2. The van der Waals surface area contributed by atoms with Gasteiger partial charge in [0.1, 0.15) is 11.6 Å². The monoisotopic (exact) mass is 377 g/mol. The van der Waals surface area contributed by atoms with E-state index in [1.807, 2.05) is 4.72 Å². The van der Waals surface area contributed by atoms with Crippen LogP contribution in [0.1, 0.15) is 5.56 Å². The Labute approximate surface area is 128 Å². The maximum Gasteiger partial charge on any atom is 0.262 e. The molecule has 112 valence electrons. The first-order valence-corrected chi connectivity index (χ1v) is 7.98. The SMILES string of the molecule is O=S(=O)(Nc1cc(Br)ccc1F)c1cc(F)ccc1CO. The van der Waals surface area contributed by atoms with Crippen LogP contribution in [0.5, 0.6) is 0 Å². The van der Waals surface area contributed by atoms with Crippen molar-refractivity contribution in [2.24, 2.45) is 0 Å². The molecule has 0 saturated heterocycles. The Morgan fingerprint density at radius 1 is 1.14 bits per heavy atom. The van der Waals surface area contributed by atoms with E-state index in [0.29, 0.717) is 4.47 Å². The molecular weight excluding hydrogens is 368 g/mol. The molecule has 0 aliphatic carbocycles. The zero-order chi connectivity index (χ0) is 15.6. The smallest absolute Gasteiger partial charge is 0.262 e. The predicted octanol–water partition coefficient (Wildman–Crippen LogP) is 3.02. The summed E-state index contributed by atoms with van der Waals surface area (Å²) in [6, 6.07) is 6.69. The highest BCUT2D eigenvalue weighted by Gasteiger charge is 2.20. The lowest BCUT2D eigenvalue weighted by molar-refractivity contribution is 0.278. The first-order chi connectivity index (χ1) is 9.83. The van der Waals surface area contributed by atoms with E-state index in [-0.39, 0.29) is 11.3 Å². The van der Waals surface area contributed by atoms with Gasteiger partial charge in [0.2, 0.25) is 0 Å². The van der Waals surface area contributed by atoms with Gasteiger partial charge in [-0.3, -0.25) is 4.72 Å². The topological polar surface area (TPSA) is 66.4 Å². The second-order valence-electron chi connectivity index (χ2n) is 4.14. The van der Waals surface area contributed by atoms with Crippen molar-refractivity contribution in [3.05, 3.63) is 58.1 Å². The van der Waals surface area contributed by atoms with Crippen molar-refractivity contribution in [3.8, 4) is 0 Å². The number of benzene rings is 2. The van der Waals surface area contributed by atoms with Crippen LogP contribution in [0.25, 0.3) is 0 Å². The fourth-order valence-electron chi connectivity index (χ4n) is 1.68. The third kappa shape index (κ3) is 3.58. The molecule has 4 nitrogen and oxygen atoms in total. The number of hydrogen-bond acceptors (Lipinski definition) is 3. The molecule has 0 atom stereocenters. The van der Waals surface area contributed by atoms with Crippen molar-refractivity contribution < 1.29 is 22.3 Å². The third-order valence-corrected chi connectivity index (χ3v) is 4.60. The molecule has 21 heavy (non-hydrogen) atoms. The first-order valence-electron chi connectivity index (χ1n) is 5.70. The van der Waals surface area contributed by atoms with Crippen LogP contribution in [0.3, 0.4) is 0 Å². The van der Waals surface area contributed by atoms with Crippen LogP contribution in [0.4, 0.5) is 14.5 Å². The van der Waals surface area contributed by atoms with Crippen molar-refractivity contribution in [2.75, 3.05) is 4.72 Å². The third-order valence-electron chi connectivity index (χ3n) is 2.66. The van der Waals surface area contributed by atoms with Crippen molar-refractivity contribution in [3.63, 3.8) is 0 Å². The van der Waals surface area contributed by atoms with Gasteiger partial charge in [0.05, 0.1) is 17.2 Å². The average Bonchev–Trinajstić information content (AvgIpc) is 2.42. The Morgan fingerprint density at radius 2 is 1.86 bits per heavy atom. The standard InChI is InChI=1S/C13H10BrF2NO3S/c14-9-2-4-11(16)12(5-9)17-21(19,20)13-6-10(15)3-1-8(13)7-18/h1-6,17-18H,7H2. The van der Waals surface area contributed by atoms with Crippen LogP contribution in [-0.4, -0.2) is 13.5 Å². The normalized spacial score (nSPS) is 11.4. The van der Waals surface area contributed by atoms with Gasteiger partial charge in [0.25, 0.3) is 10.0 Å². The molecule has 0 heterocycles. The van der Waals surface area contributed by atoms with Crippen LogP contribution < -0.4 is 4.72 Å². The molecule has 0 spiro atoms. The average molecular weight is 378 g/mol. The summed E-state index contributed by atoms with van der Waals surface area (Å²) in [5.74, 6) is -1.55. The minimum atomic E-state index is -4.23. The van der Waals surface area contributed by atoms with Crippen molar-refractivity contribution in [2.45, 2.75) is 11.5 Å². The molecule has 0 bridgehead atoms. The van der Waals surface area contributed by atoms with E-state index in [4.69, 9.17) is 5.11 Å². The molecule has 0 amide bonds. The summed E-state index contributed by atoms with van der Waals surface area (Å²) in [5.41, 5.74) is -0.267. The van der Waals surface area contributed by atoms with Crippen LogP contribution in [-0.2, 0) is 16.6 Å². The molecule has 2 N–H and O–H groups in total. The number of aliphatic hydroxyl groups excluding tert-OH is 1. The summed E-state index contributed by atoms with van der Waals surface area (Å²) in [4.78, 5) is -0.440. The molecule has 8 heteroatoms. The molecule has 0 aromatic heterocycles. The zero-order valence-corrected chi connectivity index (χ0v) is 12.9. The van der Waals surface area contributed by atoms with E-state index in [1.165, 1.54) is 12.1 Å². The van der Waals surface area contributed by atoms with E-state index in [9.17, 15) is 17.2 Å². The van der Waals surface area contributed by atoms with E-state index in [0.717, 1.165) is 24.3 Å². The number of halogens is 3. The van der Waals surface area contributed by atoms with Gasteiger partial charge in [-0.15, -0.1) is 0 Å². The quantitative estimate of drug-likeness (QED) is 0.860. The molecule has 2 aromatic rings. The number of rotatable bonds is 4. The van der Waals surface area contributed by atoms with E-state index in [1.54, 1.807) is 0 Å². The molecule has 0 unspecified atom stereocenters. The van der Waals surface area contributed by atoms with Crippen LogP contribution >= 0.6 is 15.9 Å². The maximum absolute atomic E-state index is 13.6. The van der Waals surface area contributed by atoms with Gasteiger partial charge in [-0.25, -0.2) is 17.2 Å². The number of anilines is 1. The highest BCUT2D eigenvalue weighted by atomic mass is 79.9. The Balaban J connectivity index is 2.48. The highest BCUT2D eigenvalue weighted by molar-refractivity contribution is 9.10. The molecule has 0 aliphatic heterocycles. The van der Waals surface area contributed by atoms with Gasteiger partial charge in [-0.1, -0.05) is 22.0 Å². The lowest BCUT2D eigenvalue weighted by Crippen LogP contribution is -2.16. The molecule has 2 aromatic carbocycles. The van der Waals surface area contributed by atoms with Crippen molar-refractivity contribution in [1.82, 2.24) is 0 Å². The van der Waals surface area contributed by atoms with Crippen LogP contribution in [0.2, 0.25) is 0 Å². The fraction of sp³-hybridized carbons (Fsp3) is 0.0769. The van der Waals surface area contributed by atoms with E-state index >= 15 is 0 Å². The molecular formula is C13H10BrF2NO3S. The number of aliphatic hydroxyl groups is 1. The van der Waals surface area contributed by atoms with Crippen molar-refractivity contribution in [1.29, 1.82) is 0 Å². The van der Waals surface area contributed by atoms with Gasteiger partial charge < -0.3 is 5.11 Å². The second kappa shape index (κ2) is 6.08. The summed E-state index contributed by atoms with van der Waals surface area (Å²) in [5, 5.41) is 9.14. The van der Waals surface area contributed by atoms with Crippen LogP contribution in [0.15, 0.2) is 45.8 Å². The second-order valence-corrected chi connectivity index (χ2v) is 6.71. The Hall–Kier alpha value is -1.51. The van der Waals surface area contributed by atoms with Crippen molar-refractivity contribution >= 4 is 31.6 Å². The summed E-state index contributed by atoms with van der Waals surface area (Å²) < 4.78 is 53.8. The van der Waals surface area contributed by atoms with Crippen LogP contribution in [0, 0.1) is 11.6 Å². The van der Waals surface area contributed by atoms with Gasteiger partial charge >= 0.3 is 0 Å². The van der Waals surface area contributed by atoms with Gasteiger partial charge in [-0.05, 0) is 35.9 Å². The zero-order valence-electron chi connectivity index (χ0n) is 10.5. The van der Waals surface area contributed by atoms with E-state index < -0.39 is 33.2 Å². The lowest BCUT2D eigenvalue weighted by Gasteiger charge is -2.12. The Bertz CT molecular complexity index is 781. The molecule has 2 rings (SSSR count). The predicted molar refractivity (Wildman–Crippen MR) is 77.2 cm³/mol. The summed E-state index contributed by atoms with van der Waals surface area (Å²) >= 11 is 3.10. The Morgan fingerprint density at radius 3 is 2.52 bits per heavy atom. The highest BCUT2D eigenvalue weighted by Crippen LogP contribution is 2.25. The summed E-state index contributed by atoms with van der Waals surface area (Å²) in [6.45, 7) is -0.586.